The molecule has 5 heteroatoms. The number of hydrogen-bond donors (Lipinski definition) is 0. The lowest BCUT2D eigenvalue weighted by molar-refractivity contribution is 0.212. The highest BCUT2D eigenvalue weighted by Crippen LogP contribution is 2.13. The van der Waals surface area contributed by atoms with E-state index in [2.05, 4.69) is 10.1 Å². The minimum Gasteiger partial charge on any atom is -0.490 e. The van der Waals surface area contributed by atoms with Crippen molar-refractivity contribution in [1.29, 1.82) is 0 Å². The van der Waals surface area contributed by atoms with Crippen LogP contribution in [0.1, 0.15) is 5.56 Å². The summed E-state index contributed by atoms with van der Waals surface area (Å²) < 4.78 is 13.0. The van der Waals surface area contributed by atoms with E-state index in [1.807, 2.05) is 59.4 Å². The number of rotatable bonds is 7. The first kappa shape index (κ1) is 14.1. The molecular weight excluding hydrogens is 278 g/mol. The molecule has 0 saturated carbocycles. The molecule has 0 radical (unpaired) electrons. The van der Waals surface area contributed by atoms with Gasteiger partial charge in [-0.15, -0.1) is 0 Å². The van der Waals surface area contributed by atoms with Crippen molar-refractivity contribution in [3.63, 3.8) is 0 Å². The summed E-state index contributed by atoms with van der Waals surface area (Å²) in [5, 5.41) is 4.19. The van der Waals surface area contributed by atoms with Gasteiger partial charge in [-0.25, -0.2) is 4.98 Å². The summed E-state index contributed by atoms with van der Waals surface area (Å²) >= 11 is 0. The van der Waals surface area contributed by atoms with Crippen molar-refractivity contribution in [2.75, 3.05) is 13.2 Å². The number of hydrogen-bond acceptors (Lipinski definition) is 4. The van der Waals surface area contributed by atoms with E-state index in [0.29, 0.717) is 19.1 Å². The smallest absolute Gasteiger partial charge is 0.213 e. The van der Waals surface area contributed by atoms with Crippen molar-refractivity contribution in [3.05, 3.63) is 72.7 Å². The Labute approximate surface area is 129 Å². The lowest BCUT2D eigenvalue weighted by atomic mass is 10.2. The van der Waals surface area contributed by atoms with Crippen LogP contribution in [0.25, 0.3) is 0 Å². The normalized spacial score (nSPS) is 10.4. The standard InChI is InChI=1S/C17H17N3O2/c1-2-9-18-17(4-1)22-13-12-21-16-7-5-15(6-8-16)14-20-11-3-10-19-20/h1-11H,12-14H2. The van der Waals surface area contributed by atoms with E-state index in [-0.39, 0.29) is 0 Å². The molecule has 0 N–H and O–H groups in total. The molecule has 3 aromatic rings. The summed E-state index contributed by atoms with van der Waals surface area (Å²) in [6, 6.07) is 15.5. The summed E-state index contributed by atoms with van der Waals surface area (Å²) in [5.74, 6) is 1.44. The Morgan fingerprint density at radius 1 is 0.864 bits per heavy atom. The zero-order chi connectivity index (χ0) is 15.0. The summed E-state index contributed by atoms with van der Waals surface area (Å²) in [6.07, 6.45) is 5.42. The molecule has 0 amide bonds. The molecule has 0 atom stereocenters. The van der Waals surface area contributed by atoms with Gasteiger partial charge in [0.1, 0.15) is 19.0 Å². The van der Waals surface area contributed by atoms with Crippen molar-refractivity contribution in [2.24, 2.45) is 0 Å². The van der Waals surface area contributed by atoms with Crippen LogP contribution >= 0.6 is 0 Å². The highest BCUT2D eigenvalue weighted by molar-refractivity contribution is 5.27. The van der Waals surface area contributed by atoms with E-state index in [4.69, 9.17) is 9.47 Å². The second-order valence-corrected chi connectivity index (χ2v) is 4.71. The van der Waals surface area contributed by atoms with E-state index in [1.165, 1.54) is 5.56 Å². The van der Waals surface area contributed by atoms with Gasteiger partial charge in [-0.1, -0.05) is 18.2 Å². The van der Waals surface area contributed by atoms with Gasteiger partial charge in [-0.05, 0) is 29.8 Å². The highest BCUT2D eigenvalue weighted by atomic mass is 16.5. The van der Waals surface area contributed by atoms with E-state index in [9.17, 15) is 0 Å². The molecule has 0 saturated heterocycles. The van der Waals surface area contributed by atoms with Crippen LogP contribution in [0.4, 0.5) is 0 Å². The maximum Gasteiger partial charge on any atom is 0.213 e. The van der Waals surface area contributed by atoms with Crippen molar-refractivity contribution < 1.29 is 9.47 Å². The third-order valence-electron chi connectivity index (χ3n) is 3.07. The topological polar surface area (TPSA) is 49.2 Å². The molecule has 2 aromatic heterocycles. The van der Waals surface area contributed by atoms with Crippen LogP contribution in [0.5, 0.6) is 11.6 Å². The van der Waals surface area contributed by atoms with Crippen LogP contribution in [0.3, 0.4) is 0 Å². The van der Waals surface area contributed by atoms with Gasteiger partial charge >= 0.3 is 0 Å². The van der Waals surface area contributed by atoms with Gasteiger partial charge in [0.25, 0.3) is 0 Å². The minimum absolute atomic E-state index is 0.464. The Bertz CT molecular complexity index is 667. The molecule has 0 bridgehead atoms. The van der Waals surface area contributed by atoms with Crippen LogP contribution in [-0.4, -0.2) is 28.0 Å². The molecule has 0 aliphatic rings. The van der Waals surface area contributed by atoms with E-state index < -0.39 is 0 Å². The van der Waals surface area contributed by atoms with Gasteiger partial charge in [-0.3, -0.25) is 4.68 Å². The van der Waals surface area contributed by atoms with E-state index in [1.54, 1.807) is 12.4 Å². The third kappa shape index (κ3) is 4.09. The van der Waals surface area contributed by atoms with Crippen LogP contribution in [0.2, 0.25) is 0 Å². The monoisotopic (exact) mass is 295 g/mol. The SMILES string of the molecule is c1ccc(OCCOc2ccc(Cn3cccn3)cc2)nc1. The molecule has 2 heterocycles. The van der Waals surface area contributed by atoms with Gasteiger partial charge in [0.05, 0.1) is 6.54 Å². The highest BCUT2D eigenvalue weighted by Gasteiger charge is 1.98. The maximum atomic E-state index is 5.64. The van der Waals surface area contributed by atoms with Gasteiger partial charge in [0.2, 0.25) is 5.88 Å². The van der Waals surface area contributed by atoms with Gasteiger partial charge in [0.15, 0.2) is 0 Å². The van der Waals surface area contributed by atoms with Crippen LogP contribution in [-0.2, 0) is 6.54 Å². The second kappa shape index (κ2) is 7.26. The van der Waals surface area contributed by atoms with Crippen LogP contribution in [0.15, 0.2) is 67.1 Å². The summed E-state index contributed by atoms with van der Waals surface area (Å²) in [6.45, 7) is 1.71. The molecule has 22 heavy (non-hydrogen) atoms. The lowest BCUT2D eigenvalue weighted by Gasteiger charge is -2.08. The number of aromatic nitrogens is 3. The van der Waals surface area contributed by atoms with Crippen molar-refractivity contribution in [2.45, 2.75) is 6.54 Å². The molecule has 0 aliphatic carbocycles. The summed E-state index contributed by atoms with van der Waals surface area (Å²) in [7, 11) is 0. The first-order valence-corrected chi connectivity index (χ1v) is 7.13. The van der Waals surface area contributed by atoms with Crippen molar-refractivity contribution in [1.82, 2.24) is 14.8 Å². The Morgan fingerprint density at radius 2 is 1.73 bits per heavy atom. The first-order chi connectivity index (χ1) is 10.9. The van der Waals surface area contributed by atoms with Gasteiger partial charge in [-0.2, -0.15) is 5.10 Å². The average Bonchev–Trinajstić information content (AvgIpc) is 3.07. The quantitative estimate of drug-likeness (QED) is 0.629. The predicted molar refractivity (Wildman–Crippen MR) is 83.0 cm³/mol. The molecule has 0 spiro atoms. The Morgan fingerprint density at radius 3 is 2.45 bits per heavy atom. The van der Waals surface area contributed by atoms with Crippen molar-refractivity contribution in [3.8, 4) is 11.6 Å². The third-order valence-corrected chi connectivity index (χ3v) is 3.07. The fraction of sp³-hybridized carbons (Fsp3) is 0.176. The minimum atomic E-state index is 0.464. The summed E-state index contributed by atoms with van der Waals surface area (Å²) in [4.78, 5) is 4.08. The fourth-order valence-electron chi connectivity index (χ4n) is 2.01. The number of ether oxygens (including phenoxy) is 2. The average molecular weight is 295 g/mol. The van der Waals surface area contributed by atoms with E-state index in [0.717, 1.165) is 12.3 Å². The zero-order valence-electron chi connectivity index (χ0n) is 12.1. The molecule has 0 aliphatic heterocycles. The fourth-order valence-corrected chi connectivity index (χ4v) is 2.01. The van der Waals surface area contributed by atoms with E-state index >= 15 is 0 Å². The zero-order valence-corrected chi connectivity index (χ0v) is 12.1. The number of pyridine rings is 1. The van der Waals surface area contributed by atoms with Gasteiger partial charge in [0, 0.05) is 24.7 Å². The predicted octanol–water partition coefficient (Wildman–Crippen LogP) is 2.78. The summed E-state index contributed by atoms with van der Waals surface area (Å²) in [5.41, 5.74) is 1.18. The van der Waals surface area contributed by atoms with Gasteiger partial charge < -0.3 is 9.47 Å². The Hall–Kier alpha value is -2.82. The molecule has 1 aromatic carbocycles. The number of benzene rings is 1. The van der Waals surface area contributed by atoms with Crippen LogP contribution in [0, 0.1) is 0 Å². The Kier molecular flexibility index (Phi) is 4.67. The lowest BCUT2D eigenvalue weighted by Crippen LogP contribution is -2.09. The second-order valence-electron chi connectivity index (χ2n) is 4.71. The largest absolute Gasteiger partial charge is 0.490 e. The molecule has 112 valence electrons. The number of nitrogens with zero attached hydrogens (tertiary/aromatic N) is 3. The molecule has 3 rings (SSSR count). The molecule has 5 nitrogen and oxygen atoms in total. The first-order valence-electron chi connectivity index (χ1n) is 7.13. The van der Waals surface area contributed by atoms with Crippen molar-refractivity contribution >= 4 is 0 Å². The molecule has 0 unspecified atom stereocenters. The maximum absolute atomic E-state index is 5.64. The molecular formula is C17H17N3O2. The molecule has 0 fully saturated rings. The van der Waals surface area contributed by atoms with Crippen LogP contribution < -0.4 is 9.47 Å². The Balaban J connectivity index is 1.43.